The normalized spacial score (nSPS) is 13.7. The molecule has 24 heavy (non-hydrogen) atoms. The maximum Gasteiger partial charge on any atom is 0.279 e. The van der Waals surface area contributed by atoms with E-state index >= 15 is 0 Å². The maximum atomic E-state index is 12.5. The van der Waals surface area contributed by atoms with Gasteiger partial charge in [-0.15, -0.1) is 0 Å². The van der Waals surface area contributed by atoms with Crippen LogP contribution in [0.1, 0.15) is 21.5 Å². The van der Waals surface area contributed by atoms with Crippen LogP contribution >= 0.6 is 11.3 Å². The van der Waals surface area contributed by atoms with E-state index in [9.17, 15) is 4.79 Å². The Labute approximate surface area is 142 Å². The molecule has 0 fully saturated rings. The zero-order valence-electron chi connectivity index (χ0n) is 13.6. The lowest BCUT2D eigenvalue weighted by molar-refractivity contribution is 0.0997. The Balaban J connectivity index is 1.82. The third-order valence-electron chi connectivity index (χ3n) is 3.97. The van der Waals surface area contributed by atoms with Crippen LogP contribution in [0.2, 0.25) is 0 Å². The number of carbonyl (C=O) groups is 1. The van der Waals surface area contributed by atoms with Crippen molar-refractivity contribution in [3.8, 4) is 11.5 Å². The van der Waals surface area contributed by atoms with Crippen LogP contribution in [0.5, 0.6) is 11.5 Å². The first kappa shape index (κ1) is 15.0. The van der Waals surface area contributed by atoms with Gasteiger partial charge in [0.25, 0.3) is 5.91 Å². The molecule has 2 aromatic carbocycles. The molecule has 4 rings (SSSR count). The number of rotatable bonds is 1. The van der Waals surface area contributed by atoms with Gasteiger partial charge in [0.2, 0.25) is 6.79 Å². The maximum absolute atomic E-state index is 12.5. The summed E-state index contributed by atoms with van der Waals surface area (Å²) < 4.78 is 13.7. The molecule has 0 aliphatic carbocycles. The van der Waals surface area contributed by atoms with Gasteiger partial charge in [0.05, 0.1) is 10.2 Å². The van der Waals surface area contributed by atoms with Crippen molar-refractivity contribution in [2.75, 3.05) is 6.79 Å². The fraction of sp³-hybridized carbons (Fsp3) is 0.222. The number of carbonyl (C=O) groups excluding carboxylic acids is 1. The van der Waals surface area contributed by atoms with Crippen LogP contribution < -0.4 is 14.3 Å². The Hall–Kier alpha value is -2.60. The van der Waals surface area contributed by atoms with Gasteiger partial charge in [0.1, 0.15) is 0 Å². The lowest BCUT2D eigenvalue weighted by Crippen LogP contribution is -2.13. The summed E-state index contributed by atoms with van der Waals surface area (Å²) in [6, 6.07) is 9.62. The molecule has 0 radical (unpaired) electrons. The number of benzene rings is 2. The average molecular weight is 340 g/mol. The molecule has 6 heteroatoms. The summed E-state index contributed by atoms with van der Waals surface area (Å²) in [5.41, 5.74) is 3.69. The van der Waals surface area contributed by atoms with Crippen molar-refractivity contribution in [3.63, 3.8) is 0 Å². The van der Waals surface area contributed by atoms with E-state index in [0.717, 1.165) is 32.8 Å². The molecule has 1 aliphatic rings. The summed E-state index contributed by atoms with van der Waals surface area (Å²) in [6.07, 6.45) is 0. The van der Waals surface area contributed by atoms with E-state index in [1.54, 1.807) is 0 Å². The minimum absolute atomic E-state index is 0.232. The van der Waals surface area contributed by atoms with E-state index in [4.69, 9.17) is 9.47 Å². The molecule has 0 unspecified atom stereocenters. The smallest absolute Gasteiger partial charge is 0.279 e. The Kier molecular flexibility index (Phi) is 3.42. The van der Waals surface area contributed by atoms with Crippen LogP contribution in [-0.4, -0.2) is 17.3 Å². The molecule has 0 saturated heterocycles. The first-order chi connectivity index (χ1) is 11.5. The van der Waals surface area contributed by atoms with E-state index in [-0.39, 0.29) is 12.7 Å². The van der Waals surface area contributed by atoms with E-state index < -0.39 is 0 Å². The molecule has 0 spiro atoms. The third kappa shape index (κ3) is 2.49. The Morgan fingerprint density at radius 1 is 1.08 bits per heavy atom. The van der Waals surface area contributed by atoms with E-state index in [2.05, 4.69) is 4.99 Å². The van der Waals surface area contributed by atoms with Crippen molar-refractivity contribution in [1.82, 2.24) is 4.57 Å². The predicted octanol–water partition coefficient (Wildman–Crippen LogP) is 3.33. The molecule has 1 amide bonds. The zero-order chi connectivity index (χ0) is 16.8. The van der Waals surface area contributed by atoms with Crippen LogP contribution in [0.3, 0.4) is 0 Å². The molecule has 1 aliphatic heterocycles. The van der Waals surface area contributed by atoms with Gasteiger partial charge < -0.3 is 14.0 Å². The van der Waals surface area contributed by atoms with E-state index in [0.29, 0.717) is 10.4 Å². The Morgan fingerprint density at radius 2 is 1.75 bits per heavy atom. The van der Waals surface area contributed by atoms with Crippen LogP contribution in [0.4, 0.5) is 0 Å². The average Bonchev–Trinajstić information content (AvgIpc) is 3.09. The van der Waals surface area contributed by atoms with E-state index in [1.807, 2.05) is 55.8 Å². The predicted molar refractivity (Wildman–Crippen MR) is 92.7 cm³/mol. The van der Waals surface area contributed by atoms with Gasteiger partial charge in [-0.05, 0) is 26.0 Å². The molecule has 1 aromatic heterocycles. The van der Waals surface area contributed by atoms with Gasteiger partial charge in [-0.1, -0.05) is 28.5 Å². The van der Waals surface area contributed by atoms with Gasteiger partial charge in [-0.2, -0.15) is 4.99 Å². The molecular formula is C18H16N2O3S. The van der Waals surface area contributed by atoms with Gasteiger partial charge in [-0.3, -0.25) is 4.79 Å². The van der Waals surface area contributed by atoms with Crippen molar-refractivity contribution < 1.29 is 14.3 Å². The number of hydrogen-bond acceptors (Lipinski definition) is 4. The lowest BCUT2D eigenvalue weighted by Gasteiger charge is -2.01. The highest BCUT2D eigenvalue weighted by atomic mass is 32.1. The summed E-state index contributed by atoms with van der Waals surface area (Å²) in [4.78, 5) is 17.5. The number of nitrogens with zero attached hydrogens (tertiary/aromatic N) is 2. The third-order valence-corrected chi connectivity index (χ3v) is 5.06. The molecule has 0 bridgehead atoms. The minimum atomic E-state index is -0.232. The Morgan fingerprint density at radius 3 is 2.46 bits per heavy atom. The fourth-order valence-corrected chi connectivity index (χ4v) is 3.90. The molecule has 5 nitrogen and oxygen atoms in total. The minimum Gasteiger partial charge on any atom is -0.454 e. The van der Waals surface area contributed by atoms with Crippen molar-refractivity contribution in [1.29, 1.82) is 0 Å². The molecule has 0 saturated carbocycles. The quantitative estimate of drug-likeness (QED) is 0.683. The summed E-state index contributed by atoms with van der Waals surface area (Å²) in [6.45, 7) is 4.20. The number of aryl methyl sites for hydroxylation is 3. The summed E-state index contributed by atoms with van der Waals surface area (Å²) in [5, 5.41) is 0. The number of hydrogen-bond donors (Lipinski definition) is 0. The first-order valence-corrected chi connectivity index (χ1v) is 8.39. The number of aromatic nitrogens is 1. The fourth-order valence-electron chi connectivity index (χ4n) is 2.87. The lowest BCUT2D eigenvalue weighted by atomic mass is 10.1. The van der Waals surface area contributed by atoms with Gasteiger partial charge >= 0.3 is 0 Å². The van der Waals surface area contributed by atoms with Crippen molar-refractivity contribution in [2.24, 2.45) is 12.0 Å². The molecule has 0 N–H and O–H groups in total. The second kappa shape index (κ2) is 5.49. The van der Waals surface area contributed by atoms with Crippen molar-refractivity contribution in [2.45, 2.75) is 13.8 Å². The van der Waals surface area contributed by atoms with Crippen molar-refractivity contribution in [3.05, 3.63) is 51.8 Å². The van der Waals surface area contributed by atoms with Crippen LogP contribution in [0, 0.1) is 13.8 Å². The number of amides is 1. The summed E-state index contributed by atoms with van der Waals surface area (Å²) in [5.74, 6) is 1.23. The highest BCUT2D eigenvalue weighted by Gasteiger charge is 2.17. The number of thiazole rings is 1. The Bertz CT molecular complexity index is 1030. The first-order valence-electron chi connectivity index (χ1n) is 7.58. The summed E-state index contributed by atoms with van der Waals surface area (Å²) in [7, 11) is 1.90. The van der Waals surface area contributed by atoms with Crippen LogP contribution in [0.25, 0.3) is 10.2 Å². The highest BCUT2D eigenvalue weighted by Crippen LogP contribution is 2.36. The van der Waals surface area contributed by atoms with Gasteiger partial charge in [0, 0.05) is 24.7 Å². The second-order valence-electron chi connectivity index (χ2n) is 5.91. The second-order valence-corrected chi connectivity index (χ2v) is 6.92. The molecule has 0 atom stereocenters. The molecule has 2 heterocycles. The van der Waals surface area contributed by atoms with Gasteiger partial charge in [0.15, 0.2) is 16.3 Å². The van der Waals surface area contributed by atoms with E-state index in [1.165, 1.54) is 11.3 Å². The largest absolute Gasteiger partial charge is 0.454 e. The number of ether oxygens (including phenoxy) is 2. The van der Waals surface area contributed by atoms with Crippen molar-refractivity contribution >= 4 is 27.5 Å². The van der Waals surface area contributed by atoms with Gasteiger partial charge in [-0.25, -0.2) is 0 Å². The molecule has 3 aromatic rings. The van der Waals surface area contributed by atoms with Crippen LogP contribution in [0.15, 0.2) is 35.3 Å². The SMILES string of the molecule is Cc1cc(C)cc(C(=O)N=c2sc3cc4c(cc3n2C)OCO4)c1. The highest BCUT2D eigenvalue weighted by molar-refractivity contribution is 7.16. The molecular weight excluding hydrogens is 324 g/mol. The topological polar surface area (TPSA) is 52.8 Å². The monoisotopic (exact) mass is 340 g/mol. The molecule has 122 valence electrons. The zero-order valence-corrected chi connectivity index (χ0v) is 14.4. The number of fused-ring (bicyclic) bond motifs is 2. The standard InChI is InChI=1S/C18H16N2O3S/c1-10-4-11(2)6-12(5-10)17(21)19-18-20(3)13-7-14-15(23-9-22-14)8-16(13)24-18/h4-8H,9H2,1-3H3. The van der Waals surface area contributed by atoms with Crippen LogP contribution in [-0.2, 0) is 7.05 Å². The summed E-state index contributed by atoms with van der Waals surface area (Å²) >= 11 is 1.46.